The Balaban J connectivity index is 2.04. The maximum Gasteiger partial charge on any atom is 0.259 e. The molecule has 0 radical (unpaired) electrons. The molecule has 1 aromatic carbocycles. The number of nitrogens with one attached hydrogen (secondary N) is 2. The first-order valence-corrected chi connectivity index (χ1v) is 10.3. The molecule has 9 nitrogen and oxygen atoms in total. The van der Waals surface area contributed by atoms with Crippen LogP contribution in [0.4, 0.5) is 16.0 Å². The topological polar surface area (TPSA) is 112 Å². The second kappa shape index (κ2) is 9.78. The van der Waals surface area contributed by atoms with E-state index in [1.807, 2.05) is 0 Å². The highest BCUT2D eigenvalue weighted by Crippen LogP contribution is 2.29. The van der Waals surface area contributed by atoms with Crippen molar-refractivity contribution in [1.29, 1.82) is 0 Å². The lowest BCUT2D eigenvalue weighted by molar-refractivity contribution is 0.0827. The van der Waals surface area contributed by atoms with E-state index in [9.17, 15) is 19.1 Å². The summed E-state index contributed by atoms with van der Waals surface area (Å²) in [5, 5.41) is 19.0. The van der Waals surface area contributed by atoms with Crippen molar-refractivity contribution in [2.24, 2.45) is 7.05 Å². The summed E-state index contributed by atoms with van der Waals surface area (Å²) in [4.78, 5) is 31.3. The highest BCUT2D eigenvalue weighted by atomic mass is 19.1. The Hall–Kier alpha value is -3.79. The lowest BCUT2D eigenvalue weighted by Gasteiger charge is -2.19. The van der Waals surface area contributed by atoms with Crippen molar-refractivity contribution in [2.45, 2.75) is 19.9 Å². The number of amides is 2. The summed E-state index contributed by atoms with van der Waals surface area (Å²) in [6.45, 7) is 3.34. The summed E-state index contributed by atoms with van der Waals surface area (Å²) >= 11 is 0. The van der Waals surface area contributed by atoms with E-state index >= 15 is 0 Å². The molecular formula is C23H27FN6O3. The summed E-state index contributed by atoms with van der Waals surface area (Å²) in [5.74, 6) is -0.966. The zero-order chi connectivity index (χ0) is 24.3. The normalized spacial score (nSPS) is 11.7. The highest BCUT2D eigenvalue weighted by molar-refractivity contribution is 6.05. The van der Waals surface area contributed by atoms with Crippen molar-refractivity contribution < 1.29 is 19.1 Å². The first kappa shape index (κ1) is 23.9. The Morgan fingerprint density at radius 1 is 1.24 bits per heavy atom. The van der Waals surface area contributed by atoms with Gasteiger partial charge in [0.25, 0.3) is 11.8 Å². The standard InChI is InChI=1S/C23H27FN6O3/c1-13-8-19(24)17(22(32)27-20-6-7-30(5)28-20)10-16(13)15-9-18(23(33)29(3)4)21(25-11-15)26-14(2)12-31/h6-11,14,31H,12H2,1-5H3,(H,25,26)(H,27,28,32). The molecule has 10 heteroatoms. The molecule has 0 aliphatic carbocycles. The van der Waals surface area contributed by atoms with Crippen LogP contribution < -0.4 is 10.6 Å². The van der Waals surface area contributed by atoms with Crippen LogP contribution in [-0.4, -0.2) is 63.3 Å². The highest BCUT2D eigenvalue weighted by Gasteiger charge is 2.20. The van der Waals surface area contributed by atoms with Gasteiger partial charge in [-0.3, -0.25) is 14.3 Å². The molecule has 3 rings (SSSR count). The number of carbonyl (C=O) groups excluding carboxylic acids is 2. The molecule has 2 aromatic heterocycles. The Kier molecular flexibility index (Phi) is 7.07. The molecule has 0 saturated heterocycles. The Morgan fingerprint density at radius 2 is 1.97 bits per heavy atom. The predicted molar refractivity (Wildman–Crippen MR) is 124 cm³/mol. The molecule has 2 amide bonds. The van der Waals surface area contributed by atoms with Gasteiger partial charge in [0.05, 0.1) is 17.7 Å². The SMILES string of the molecule is Cc1cc(F)c(C(=O)Nc2ccn(C)n2)cc1-c1cnc(NC(C)CO)c(C(=O)N(C)C)c1. The van der Waals surface area contributed by atoms with Crippen LogP contribution in [0, 0.1) is 12.7 Å². The second-order valence-electron chi connectivity index (χ2n) is 8.02. The van der Waals surface area contributed by atoms with Gasteiger partial charge in [0.1, 0.15) is 11.6 Å². The smallest absolute Gasteiger partial charge is 0.259 e. The van der Waals surface area contributed by atoms with E-state index in [1.165, 1.54) is 21.7 Å². The summed E-state index contributed by atoms with van der Waals surface area (Å²) in [6.07, 6.45) is 3.20. The third-order valence-corrected chi connectivity index (χ3v) is 5.01. The summed E-state index contributed by atoms with van der Waals surface area (Å²) < 4.78 is 16.2. The van der Waals surface area contributed by atoms with E-state index in [1.54, 1.807) is 59.5 Å². The number of carbonyl (C=O) groups is 2. The van der Waals surface area contributed by atoms with Crippen molar-refractivity contribution >= 4 is 23.5 Å². The minimum atomic E-state index is -0.669. The van der Waals surface area contributed by atoms with Gasteiger partial charge in [-0.25, -0.2) is 9.37 Å². The molecule has 0 bridgehead atoms. The van der Waals surface area contributed by atoms with Crippen LogP contribution in [0.1, 0.15) is 33.2 Å². The largest absolute Gasteiger partial charge is 0.394 e. The number of aliphatic hydroxyl groups is 1. The monoisotopic (exact) mass is 454 g/mol. The van der Waals surface area contributed by atoms with Crippen LogP contribution in [0.3, 0.4) is 0 Å². The molecule has 0 spiro atoms. The minimum absolute atomic E-state index is 0.134. The van der Waals surface area contributed by atoms with Crippen LogP contribution >= 0.6 is 0 Å². The Morgan fingerprint density at radius 3 is 2.58 bits per heavy atom. The van der Waals surface area contributed by atoms with Gasteiger partial charge in [-0.1, -0.05) is 0 Å². The van der Waals surface area contributed by atoms with Crippen LogP contribution in [0.15, 0.2) is 36.7 Å². The van der Waals surface area contributed by atoms with Crippen LogP contribution in [0.25, 0.3) is 11.1 Å². The fourth-order valence-corrected chi connectivity index (χ4v) is 3.23. The maximum atomic E-state index is 14.7. The number of anilines is 2. The fourth-order valence-electron chi connectivity index (χ4n) is 3.23. The van der Waals surface area contributed by atoms with Gasteiger partial charge in [-0.2, -0.15) is 5.10 Å². The number of benzene rings is 1. The molecule has 33 heavy (non-hydrogen) atoms. The molecule has 0 aliphatic heterocycles. The van der Waals surface area contributed by atoms with Crippen molar-refractivity contribution in [1.82, 2.24) is 19.7 Å². The van der Waals surface area contributed by atoms with E-state index in [4.69, 9.17) is 0 Å². The average Bonchev–Trinajstić information content (AvgIpc) is 3.17. The first-order valence-electron chi connectivity index (χ1n) is 10.3. The second-order valence-corrected chi connectivity index (χ2v) is 8.02. The number of aliphatic hydroxyl groups excluding tert-OH is 1. The lowest BCUT2D eigenvalue weighted by Crippen LogP contribution is -2.26. The van der Waals surface area contributed by atoms with Gasteiger partial charge >= 0.3 is 0 Å². The number of hydrogen-bond donors (Lipinski definition) is 3. The summed E-state index contributed by atoms with van der Waals surface area (Å²) in [7, 11) is 4.95. The first-order chi connectivity index (χ1) is 15.6. The molecule has 0 aliphatic rings. The number of aromatic nitrogens is 3. The number of pyridine rings is 1. The Labute approximate surface area is 191 Å². The molecule has 0 saturated carbocycles. The number of nitrogens with zero attached hydrogens (tertiary/aromatic N) is 4. The quantitative estimate of drug-likeness (QED) is 0.506. The maximum absolute atomic E-state index is 14.7. The summed E-state index contributed by atoms with van der Waals surface area (Å²) in [5.41, 5.74) is 1.83. The molecule has 1 unspecified atom stereocenters. The third-order valence-electron chi connectivity index (χ3n) is 5.01. The van der Waals surface area contributed by atoms with Gasteiger partial charge in [0.15, 0.2) is 5.82 Å². The number of aryl methyl sites for hydroxylation is 2. The van der Waals surface area contributed by atoms with Crippen molar-refractivity contribution in [3.05, 3.63) is 59.2 Å². The summed E-state index contributed by atoms with van der Waals surface area (Å²) in [6, 6.07) is 5.64. The molecule has 174 valence electrons. The molecular weight excluding hydrogens is 427 g/mol. The van der Waals surface area contributed by atoms with Gasteiger partial charge in [-0.15, -0.1) is 0 Å². The van der Waals surface area contributed by atoms with Gasteiger partial charge in [0, 0.05) is 51.2 Å². The molecule has 2 heterocycles. The number of rotatable bonds is 7. The minimum Gasteiger partial charge on any atom is -0.394 e. The van der Waals surface area contributed by atoms with E-state index in [2.05, 4.69) is 20.7 Å². The van der Waals surface area contributed by atoms with E-state index in [0.29, 0.717) is 33.9 Å². The predicted octanol–water partition coefficient (Wildman–Crippen LogP) is 2.68. The zero-order valence-electron chi connectivity index (χ0n) is 19.2. The van der Waals surface area contributed by atoms with Crippen molar-refractivity contribution in [3.63, 3.8) is 0 Å². The molecule has 1 atom stereocenters. The van der Waals surface area contributed by atoms with E-state index in [0.717, 1.165) is 0 Å². The fraction of sp³-hybridized carbons (Fsp3) is 0.304. The van der Waals surface area contributed by atoms with E-state index in [-0.39, 0.29) is 24.1 Å². The van der Waals surface area contributed by atoms with Crippen molar-refractivity contribution in [2.75, 3.05) is 31.3 Å². The molecule has 3 N–H and O–H groups in total. The van der Waals surface area contributed by atoms with E-state index < -0.39 is 11.7 Å². The van der Waals surface area contributed by atoms with Gasteiger partial charge < -0.3 is 20.6 Å². The van der Waals surface area contributed by atoms with Gasteiger partial charge in [0.2, 0.25) is 0 Å². The lowest BCUT2D eigenvalue weighted by atomic mass is 9.97. The Bertz CT molecular complexity index is 1190. The molecule has 0 fully saturated rings. The number of halogens is 1. The molecule has 3 aromatic rings. The zero-order valence-corrected chi connectivity index (χ0v) is 19.2. The number of hydrogen-bond acceptors (Lipinski definition) is 6. The third kappa shape index (κ3) is 5.35. The van der Waals surface area contributed by atoms with Crippen LogP contribution in [0.2, 0.25) is 0 Å². The average molecular weight is 455 g/mol. The van der Waals surface area contributed by atoms with Crippen LogP contribution in [0.5, 0.6) is 0 Å². The van der Waals surface area contributed by atoms with Gasteiger partial charge in [-0.05, 0) is 43.2 Å². The van der Waals surface area contributed by atoms with Crippen molar-refractivity contribution in [3.8, 4) is 11.1 Å². The van der Waals surface area contributed by atoms with Crippen LogP contribution in [-0.2, 0) is 7.05 Å².